The number of nitrogens with one attached hydrogen (secondary N) is 1. The average Bonchev–Trinajstić information content (AvgIpc) is 2.93. The summed E-state index contributed by atoms with van der Waals surface area (Å²) in [6.45, 7) is 1.35. The van der Waals surface area contributed by atoms with Gasteiger partial charge in [-0.05, 0) is 36.0 Å². The van der Waals surface area contributed by atoms with Gasteiger partial charge in [0, 0.05) is 18.3 Å². The predicted octanol–water partition coefficient (Wildman–Crippen LogP) is 3.24. The van der Waals surface area contributed by atoms with Crippen molar-refractivity contribution in [2.24, 2.45) is 5.92 Å². The fraction of sp³-hybridized carbons (Fsp3) is 0.294. The number of rotatable bonds is 2. The molecular weight excluding hydrogens is 250 g/mol. The molecule has 0 amide bonds. The topological polar surface area (TPSA) is 30.5 Å². The molecule has 0 aromatic heterocycles. The second-order valence-electron chi connectivity index (χ2n) is 5.50. The van der Waals surface area contributed by atoms with E-state index in [1.807, 2.05) is 0 Å². The highest BCUT2D eigenvalue weighted by Crippen LogP contribution is 2.39. The molecule has 0 aliphatic carbocycles. The van der Waals surface area contributed by atoms with Crippen molar-refractivity contribution in [2.75, 3.05) is 18.7 Å². The van der Waals surface area contributed by atoms with E-state index in [9.17, 15) is 0 Å². The zero-order valence-electron chi connectivity index (χ0n) is 11.3. The van der Waals surface area contributed by atoms with Crippen molar-refractivity contribution >= 4 is 5.69 Å². The Morgan fingerprint density at radius 1 is 1.05 bits per heavy atom. The Labute approximate surface area is 118 Å². The van der Waals surface area contributed by atoms with Crippen molar-refractivity contribution in [1.82, 2.24) is 0 Å². The van der Waals surface area contributed by atoms with Gasteiger partial charge in [-0.15, -0.1) is 0 Å². The van der Waals surface area contributed by atoms with Gasteiger partial charge in [0.05, 0.1) is 0 Å². The first kappa shape index (κ1) is 11.6. The summed E-state index contributed by atoms with van der Waals surface area (Å²) in [6, 6.07) is 14.9. The summed E-state index contributed by atoms with van der Waals surface area (Å²) in [7, 11) is 0. The lowest BCUT2D eigenvalue weighted by molar-refractivity contribution is 0.174. The zero-order chi connectivity index (χ0) is 13.4. The highest BCUT2D eigenvalue weighted by molar-refractivity contribution is 5.62. The third kappa shape index (κ3) is 2.09. The van der Waals surface area contributed by atoms with Gasteiger partial charge in [-0.1, -0.05) is 30.3 Å². The molecule has 102 valence electrons. The number of hydrogen-bond acceptors (Lipinski definition) is 3. The normalized spacial score (nSPS) is 19.3. The third-order valence-corrected chi connectivity index (χ3v) is 4.06. The Balaban J connectivity index is 1.54. The van der Waals surface area contributed by atoms with Crippen LogP contribution in [0, 0.1) is 5.92 Å². The highest BCUT2D eigenvalue weighted by atomic mass is 16.7. The molecule has 0 fully saturated rings. The third-order valence-electron chi connectivity index (χ3n) is 4.06. The summed E-state index contributed by atoms with van der Waals surface area (Å²) in [5.41, 5.74) is 3.93. The minimum absolute atomic E-state index is 0.339. The van der Waals surface area contributed by atoms with E-state index in [0.717, 1.165) is 30.9 Å². The van der Waals surface area contributed by atoms with Crippen molar-refractivity contribution < 1.29 is 9.47 Å². The summed E-state index contributed by atoms with van der Waals surface area (Å²) < 4.78 is 10.9. The summed E-state index contributed by atoms with van der Waals surface area (Å²) in [5, 5.41) is 3.53. The van der Waals surface area contributed by atoms with Crippen LogP contribution in [-0.2, 0) is 12.8 Å². The van der Waals surface area contributed by atoms with Gasteiger partial charge < -0.3 is 14.8 Å². The second kappa shape index (κ2) is 4.75. The molecule has 0 radical (unpaired) electrons. The van der Waals surface area contributed by atoms with Crippen molar-refractivity contribution in [3.63, 3.8) is 0 Å². The van der Waals surface area contributed by atoms with Gasteiger partial charge in [0.2, 0.25) is 6.79 Å². The Morgan fingerprint density at radius 2 is 1.85 bits per heavy atom. The maximum Gasteiger partial charge on any atom is 0.231 e. The van der Waals surface area contributed by atoms with Crippen LogP contribution in [0.3, 0.4) is 0 Å². The summed E-state index contributed by atoms with van der Waals surface area (Å²) >= 11 is 0. The molecular formula is C17H17NO2. The standard InChI is InChI=1S/C17H17NO2/c1-2-4-12(5-3-1)6-13-7-14-8-16-17(20-11-19-16)9-15(14)18-10-13/h1-5,8-9,13,18H,6-7,10-11H2. The van der Waals surface area contributed by atoms with Crippen molar-refractivity contribution in [3.8, 4) is 11.5 Å². The molecule has 0 bridgehead atoms. The predicted molar refractivity (Wildman–Crippen MR) is 78.4 cm³/mol. The number of benzene rings is 2. The molecule has 1 N–H and O–H groups in total. The van der Waals surface area contributed by atoms with Crippen LogP contribution in [0.2, 0.25) is 0 Å². The molecule has 1 unspecified atom stereocenters. The van der Waals surface area contributed by atoms with E-state index in [2.05, 4.69) is 47.8 Å². The van der Waals surface area contributed by atoms with Crippen LogP contribution in [0.1, 0.15) is 11.1 Å². The molecule has 2 heterocycles. The van der Waals surface area contributed by atoms with Crippen LogP contribution in [0.5, 0.6) is 11.5 Å². The van der Waals surface area contributed by atoms with Gasteiger partial charge in [0.1, 0.15) is 0 Å². The summed E-state index contributed by atoms with van der Waals surface area (Å²) in [6.07, 6.45) is 2.20. The molecule has 4 rings (SSSR count). The van der Waals surface area contributed by atoms with Gasteiger partial charge in [0.15, 0.2) is 11.5 Å². The monoisotopic (exact) mass is 267 g/mol. The highest BCUT2D eigenvalue weighted by Gasteiger charge is 2.23. The van der Waals surface area contributed by atoms with Crippen LogP contribution in [0.4, 0.5) is 5.69 Å². The van der Waals surface area contributed by atoms with Crippen LogP contribution in [-0.4, -0.2) is 13.3 Å². The van der Waals surface area contributed by atoms with Gasteiger partial charge in [-0.3, -0.25) is 0 Å². The van der Waals surface area contributed by atoms with Crippen LogP contribution >= 0.6 is 0 Å². The molecule has 3 heteroatoms. The lowest BCUT2D eigenvalue weighted by atomic mass is 9.89. The maximum absolute atomic E-state index is 5.47. The minimum Gasteiger partial charge on any atom is -0.454 e. The Bertz CT molecular complexity index is 624. The fourth-order valence-corrected chi connectivity index (χ4v) is 3.05. The van der Waals surface area contributed by atoms with E-state index in [4.69, 9.17) is 9.47 Å². The largest absolute Gasteiger partial charge is 0.454 e. The molecule has 0 spiro atoms. The Morgan fingerprint density at radius 3 is 2.70 bits per heavy atom. The van der Waals surface area contributed by atoms with E-state index >= 15 is 0 Å². The second-order valence-corrected chi connectivity index (χ2v) is 5.50. The minimum atomic E-state index is 0.339. The molecule has 2 aromatic carbocycles. The first-order chi connectivity index (χ1) is 9.88. The molecule has 2 aliphatic rings. The van der Waals surface area contributed by atoms with Crippen LogP contribution in [0.25, 0.3) is 0 Å². The lowest BCUT2D eigenvalue weighted by Crippen LogP contribution is -2.24. The molecule has 0 saturated carbocycles. The number of hydrogen-bond donors (Lipinski definition) is 1. The average molecular weight is 267 g/mol. The SMILES string of the molecule is c1ccc(CC2CNc3cc4c(cc3C2)OCO4)cc1. The molecule has 2 aromatic rings. The van der Waals surface area contributed by atoms with Crippen molar-refractivity contribution in [2.45, 2.75) is 12.8 Å². The van der Waals surface area contributed by atoms with E-state index in [0.29, 0.717) is 12.7 Å². The maximum atomic E-state index is 5.47. The molecule has 3 nitrogen and oxygen atoms in total. The molecule has 2 aliphatic heterocycles. The van der Waals surface area contributed by atoms with Gasteiger partial charge in [0.25, 0.3) is 0 Å². The van der Waals surface area contributed by atoms with Gasteiger partial charge >= 0.3 is 0 Å². The Kier molecular flexibility index (Phi) is 2.76. The van der Waals surface area contributed by atoms with E-state index < -0.39 is 0 Å². The van der Waals surface area contributed by atoms with Gasteiger partial charge in [-0.25, -0.2) is 0 Å². The quantitative estimate of drug-likeness (QED) is 0.906. The summed E-state index contributed by atoms with van der Waals surface area (Å²) in [4.78, 5) is 0. The summed E-state index contributed by atoms with van der Waals surface area (Å²) in [5.74, 6) is 2.37. The first-order valence-electron chi connectivity index (χ1n) is 7.09. The zero-order valence-corrected chi connectivity index (χ0v) is 11.3. The smallest absolute Gasteiger partial charge is 0.231 e. The number of ether oxygens (including phenoxy) is 2. The van der Waals surface area contributed by atoms with Crippen molar-refractivity contribution in [3.05, 3.63) is 53.6 Å². The molecule has 0 saturated heterocycles. The molecule has 20 heavy (non-hydrogen) atoms. The van der Waals surface area contributed by atoms with E-state index in [1.165, 1.54) is 16.8 Å². The molecule has 1 atom stereocenters. The Hall–Kier alpha value is -2.16. The number of fused-ring (bicyclic) bond motifs is 2. The number of anilines is 1. The van der Waals surface area contributed by atoms with Crippen LogP contribution < -0.4 is 14.8 Å². The van der Waals surface area contributed by atoms with E-state index in [-0.39, 0.29) is 0 Å². The van der Waals surface area contributed by atoms with Crippen LogP contribution in [0.15, 0.2) is 42.5 Å². The van der Waals surface area contributed by atoms with Gasteiger partial charge in [-0.2, -0.15) is 0 Å². The lowest BCUT2D eigenvalue weighted by Gasteiger charge is -2.26. The first-order valence-corrected chi connectivity index (χ1v) is 7.09. The van der Waals surface area contributed by atoms with Crippen molar-refractivity contribution in [1.29, 1.82) is 0 Å². The fourth-order valence-electron chi connectivity index (χ4n) is 3.05. The van der Waals surface area contributed by atoms with E-state index in [1.54, 1.807) is 0 Å².